The number of benzene rings is 18. The van der Waals surface area contributed by atoms with Crippen molar-refractivity contribution >= 4 is 77.3 Å². The Bertz CT molecular complexity index is 8330. The van der Waals surface area contributed by atoms with Crippen LogP contribution in [-0.4, -0.2) is 34.5 Å². The fourth-order valence-electron chi connectivity index (χ4n) is 21.4. The summed E-state index contributed by atoms with van der Waals surface area (Å²) in [7, 11) is 0. The number of nitrogens with zero attached hydrogens (tertiary/aromatic N) is 7. The van der Waals surface area contributed by atoms with Crippen LogP contribution in [0.2, 0.25) is 5.02 Å². The Morgan fingerprint density at radius 1 is 0.228 bits per heavy atom. The van der Waals surface area contributed by atoms with Crippen molar-refractivity contribution in [2.45, 2.75) is 17.3 Å². The Morgan fingerprint density at radius 3 is 1.03 bits per heavy atom. The van der Waals surface area contributed by atoms with Crippen LogP contribution in [0.5, 0.6) is 0 Å². The standard InChI is InChI=1S/C58H34N4O.C31H17ClO.C28H19N3.H2/c1-3-16-35(17-4-1)55-59-56(36-18-5-2-6-19-36)61-57(60-55)37-30-31-51-44(32-37)41-23-10-14-28-50(41)62(51)52-29-15-24-42-45-33-43-40-22-9-13-27-48(40)58(49(43)34-53(45)63-54(42)52)46-25-11-7-20-38(46)39-21-8-12-26-47(39)58;32-28-15-7-11-21-23-16-22-20-10-3-6-14-26(20)31(27(22)17-29(23)33-30(21)28)24-12-4-1-8-18(24)19-9-2-5-13-25(19)31;1-3-9-19(10-4-1)26-29-27(20-11-5-2-6-12-20)31-28(30-26)23-16-15-22-17-21-13-7-8-14-24(21)25(22)18-23;/h1-34H;1-17H;1-16,18H,17H2;1H. The molecule has 23 aromatic rings. The fourth-order valence-corrected chi connectivity index (χ4v) is 21.6. The summed E-state index contributed by atoms with van der Waals surface area (Å²) in [4.78, 5) is 29.6. The van der Waals surface area contributed by atoms with Crippen LogP contribution in [0.15, 0.2) is 421 Å². The zero-order chi connectivity index (χ0) is 83.6. The predicted molar refractivity (Wildman–Crippen MR) is 516 cm³/mol. The van der Waals surface area contributed by atoms with E-state index in [1.165, 1.54) is 111 Å². The highest BCUT2D eigenvalue weighted by molar-refractivity contribution is 6.36. The van der Waals surface area contributed by atoms with Crippen LogP contribution < -0.4 is 0 Å². The van der Waals surface area contributed by atoms with Gasteiger partial charge in [0.2, 0.25) is 0 Å². The summed E-state index contributed by atoms with van der Waals surface area (Å²) >= 11 is 6.50. The van der Waals surface area contributed by atoms with Gasteiger partial charge < -0.3 is 13.4 Å². The molecule has 18 aromatic carbocycles. The number of hydrogen-bond acceptors (Lipinski definition) is 8. The zero-order valence-corrected chi connectivity index (χ0v) is 69.0. The van der Waals surface area contributed by atoms with Crippen molar-refractivity contribution in [1.29, 1.82) is 0 Å². The number of rotatable bonds is 7. The molecule has 28 rings (SSSR count). The smallest absolute Gasteiger partial charge is 0.164 e. The molecule has 0 aliphatic heterocycles. The van der Waals surface area contributed by atoms with Gasteiger partial charge in [-0.2, -0.15) is 0 Å². The normalized spacial score (nSPS) is 13.2. The molecule has 0 atom stereocenters. The maximum atomic E-state index is 7.16. The SMILES string of the molecule is Clc1cccc2c1oc1cc3c(cc12)-c1ccccc1C31c2ccccc2-c2ccccc21.[HH].c1ccc(-c2nc(-c3ccccc3)nc(-c3ccc4c(c3)-c3ccccc3C4)n2)cc1.c1ccc(-c2nc(-c3ccccc3)nc(-c3ccc4c(c3)c3ccccc3n4-c3cccc4c3oc3cc5c(cc34)-c3ccccc3C53c4ccccc4-c4ccccc43)n2)cc1. The first-order valence-electron chi connectivity index (χ1n) is 43.1. The molecule has 10 heteroatoms. The Morgan fingerprint density at radius 2 is 0.567 bits per heavy atom. The van der Waals surface area contributed by atoms with Crippen molar-refractivity contribution in [3.05, 3.63) is 473 Å². The highest BCUT2D eigenvalue weighted by Crippen LogP contribution is 2.66. The lowest BCUT2D eigenvalue weighted by Crippen LogP contribution is -2.25. The summed E-state index contributed by atoms with van der Waals surface area (Å²) in [5.41, 5.74) is 37.6. The van der Waals surface area contributed by atoms with Crippen LogP contribution in [-0.2, 0) is 17.3 Å². The summed E-state index contributed by atoms with van der Waals surface area (Å²) in [6, 6.07) is 146. The van der Waals surface area contributed by atoms with E-state index in [9.17, 15) is 0 Å². The van der Waals surface area contributed by atoms with Crippen LogP contribution in [0.25, 0.3) is 195 Å². The van der Waals surface area contributed by atoms with E-state index < -0.39 is 5.41 Å². The highest BCUT2D eigenvalue weighted by Gasteiger charge is 2.54. The third-order valence-electron chi connectivity index (χ3n) is 26.8. The molecule has 0 bridgehead atoms. The van der Waals surface area contributed by atoms with Gasteiger partial charge in [-0.3, -0.25) is 0 Å². The lowest BCUT2D eigenvalue weighted by Gasteiger charge is -2.30. The maximum Gasteiger partial charge on any atom is 0.164 e. The number of halogens is 1. The van der Waals surface area contributed by atoms with E-state index in [-0.39, 0.29) is 6.84 Å². The van der Waals surface area contributed by atoms with E-state index in [1.54, 1.807) is 0 Å². The molecule has 5 aliphatic carbocycles. The molecule has 127 heavy (non-hydrogen) atoms. The van der Waals surface area contributed by atoms with Gasteiger partial charge in [0, 0.05) is 67.1 Å². The van der Waals surface area contributed by atoms with Crippen molar-refractivity contribution in [3.8, 4) is 130 Å². The number of aromatic nitrogens is 7. The van der Waals surface area contributed by atoms with Crippen molar-refractivity contribution < 1.29 is 10.3 Å². The Hall–Kier alpha value is -16.3. The van der Waals surface area contributed by atoms with Crippen molar-refractivity contribution in [1.82, 2.24) is 34.5 Å². The molecule has 0 amide bonds. The van der Waals surface area contributed by atoms with Crippen LogP contribution in [0.3, 0.4) is 0 Å². The van der Waals surface area contributed by atoms with Gasteiger partial charge in [-0.1, -0.05) is 357 Å². The molecule has 2 spiro atoms. The third-order valence-corrected chi connectivity index (χ3v) is 27.1. The van der Waals surface area contributed by atoms with Gasteiger partial charge in [0.1, 0.15) is 11.2 Å². The second-order valence-corrected chi connectivity index (χ2v) is 33.8. The van der Waals surface area contributed by atoms with Crippen LogP contribution in [0.4, 0.5) is 0 Å². The summed E-state index contributed by atoms with van der Waals surface area (Å²) in [6.45, 7) is 0. The zero-order valence-electron chi connectivity index (χ0n) is 68.3. The minimum Gasteiger partial charge on any atom is -0.454 e. The molecule has 0 unspecified atom stereocenters. The van der Waals surface area contributed by atoms with Gasteiger partial charge in [-0.25, -0.2) is 29.9 Å². The predicted octanol–water partition coefficient (Wildman–Crippen LogP) is 29.5. The quantitative estimate of drug-likeness (QED) is 0.155. The lowest BCUT2D eigenvalue weighted by molar-refractivity contribution is 0.664. The summed E-state index contributed by atoms with van der Waals surface area (Å²) in [6.07, 6.45) is 0.980. The number of fused-ring (bicyclic) bond motifs is 32. The Kier molecular flexibility index (Phi) is 16.2. The lowest BCUT2D eigenvalue weighted by atomic mass is 9.70. The van der Waals surface area contributed by atoms with Gasteiger partial charge in [-0.05, 0) is 184 Å². The minimum absolute atomic E-state index is 0. The second-order valence-electron chi connectivity index (χ2n) is 33.4. The monoisotopic (exact) mass is 1640 g/mol. The van der Waals surface area contributed by atoms with E-state index in [4.69, 9.17) is 50.3 Å². The van der Waals surface area contributed by atoms with Gasteiger partial charge in [-0.15, -0.1) is 0 Å². The number of hydrogen-bond donors (Lipinski definition) is 0. The van der Waals surface area contributed by atoms with Gasteiger partial charge in [0.05, 0.1) is 32.6 Å². The molecule has 0 fully saturated rings. The Balaban J connectivity index is 0.000000115. The Labute approximate surface area is 737 Å². The van der Waals surface area contributed by atoms with Crippen molar-refractivity contribution in [2.24, 2.45) is 0 Å². The van der Waals surface area contributed by atoms with Crippen LogP contribution in [0, 0.1) is 0 Å². The van der Waals surface area contributed by atoms with E-state index in [0.29, 0.717) is 40.0 Å². The molecule has 0 N–H and O–H groups in total. The molecular formula is C117H72ClN7O2. The van der Waals surface area contributed by atoms with Crippen LogP contribution in [0.1, 0.15) is 57.1 Å². The molecule has 594 valence electrons. The van der Waals surface area contributed by atoms with E-state index in [0.717, 1.165) is 111 Å². The van der Waals surface area contributed by atoms with Gasteiger partial charge >= 0.3 is 0 Å². The fraction of sp³-hybridized carbons (Fsp3) is 0.0256. The third kappa shape index (κ3) is 10.9. The molecule has 5 aliphatic rings. The molecule has 0 radical (unpaired) electrons. The second kappa shape index (κ2) is 28.4. The molecule has 5 heterocycles. The first-order valence-corrected chi connectivity index (χ1v) is 43.5. The molecular weight excluding hydrogens is 1570 g/mol. The van der Waals surface area contributed by atoms with Gasteiger partial charge in [0.25, 0.3) is 0 Å². The summed E-state index contributed by atoms with van der Waals surface area (Å²) < 4.78 is 15.9. The molecule has 0 saturated heterocycles. The topological polar surface area (TPSA) is 109 Å². The molecule has 9 nitrogen and oxygen atoms in total. The average molecular weight is 1640 g/mol. The van der Waals surface area contributed by atoms with Crippen molar-refractivity contribution in [3.63, 3.8) is 0 Å². The van der Waals surface area contributed by atoms with E-state index >= 15 is 0 Å². The minimum atomic E-state index is -0.443. The molecule has 5 aromatic heterocycles. The number of furan rings is 2. The average Bonchev–Trinajstić information content (AvgIpc) is 1.51. The van der Waals surface area contributed by atoms with E-state index in [2.05, 4.69) is 284 Å². The molecule has 0 saturated carbocycles. The highest BCUT2D eigenvalue weighted by atomic mass is 35.5. The summed E-state index contributed by atoms with van der Waals surface area (Å²) in [5, 5.41) is 7.26. The van der Waals surface area contributed by atoms with E-state index in [1.807, 2.05) is 133 Å². The first kappa shape index (κ1) is 72.3. The van der Waals surface area contributed by atoms with Crippen molar-refractivity contribution in [2.75, 3.05) is 0 Å². The maximum absolute atomic E-state index is 7.16. The first-order chi connectivity index (χ1) is 62.9. The van der Waals surface area contributed by atoms with Crippen LogP contribution >= 0.6 is 11.6 Å². The number of para-hydroxylation sites is 3. The van der Waals surface area contributed by atoms with Gasteiger partial charge in [0.15, 0.2) is 46.1 Å². The largest absolute Gasteiger partial charge is 0.454 e. The summed E-state index contributed by atoms with van der Waals surface area (Å²) in [5.74, 6) is 3.97.